The lowest BCUT2D eigenvalue weighted by Crippen LogP contribution is -2.64. The lowest BCUT2D eigenvalue weighted by atomic mass is 9.41. The number of hydrogen-bond donors (Lipinski definition) is 4. The number of carboxylic acid groups (broad SMARTS) is 1. The van der Waals surface area contributed by atoms with E-state index in [1.807, 2.05) is 0 Å². The van der Waals surface area contributed by atoms with Gasteiger partial charge in [0.2, 0.25) is 0 Å². The van der Waals surface area contributed by atoms with Crippen LogP contribution in [0.3, 0.4) is 0 Å². The van der Waals surface area contributed by atoms with Gasteiger partial charge in [-0.1, -0.05) is 27.7 Å². The average molecular weight is 423 g/mol. The zero-order valence-electron chi connectivity index (χ0n) is 19.1. The fraction of sp³-hybridized carbons (Fsp3) is 0.960. The fourth-order valence-electron chi connectivity index (χ4n) is 9.13. The highest BCUT2D eigenvalue weighted by atomic mass is 16.4. The first-order valence-electron chi connectivity index (χ1n) is 12.3. The molecule has 4 fully saturated rings. The van der Waals surface area contributed by atoms with Crippen molar-refractivity contribution in [2.24, 2.45) is 52.3 Å². The largest absolute Gasteiger partial charge is 0.481 e. The third-order valence-corrected chi connectivity index (χ3v) is 10.8. The number of carboxylic acids is 1. The predicted molar refractivity (Wildman–Crippen MR) is 115 cm³/mol. The van der Waals surface area contributed by atoms with Gasteiger partial charge in [0.1, 0.15) is 0 Å². The molecule has 12 atom stereocenters. The third-order valence-electron chi connectivity index (χ3n) is 10.8. The Bertz CT molecular complexity index is 666. The Morgan fingerprint density at radius 1 is 1.03 bits per heavy atom. The van der Waals surface area contributed by atoms with E-state index in [2.05, 4.69) is 27.7 Å². The summed E-state index contributed by atoms with van der Waals surface area (Å²) in [7, 11) is 0. The van der Waals surface area contributed by atoms with E-state index in [0.717, 1.165) is 38.5 Å². The summed E-state index contributed by atoms with van der Waals surface area (Å²) in [6.07, 6.45) is 5.11. The van der Waals surface area contributed by atoms with E-state index in [-0.39, 0.29) is 53.1 Å². The summed E-state index contributed by atoms with van der Waals surface area (Å²) < 4.78 is 0. The molecule has 0 aromatic rings. The molecule has 0 aromatic carbocycles. The van der Waals surface area contributed by atoms with E-state index in [0.29, 0.717) is 24.2 Å². The Kier molecular flexibility index (Phi) is 5.81. The van der Waals surface area contributed by atoms with Crippen molar-refractivity contribution in [3.63, 3.8) is 0 Å². The van der Waals surface area contributed by atoms with Crippen LogP contribution in [0, 0.1) is 52.3 Å². The molecule has 0 aliphatic heterocycles. The summed E-state index contributed by atoms with van der Waals surface area (Å²) in [5.74, 6) is 1.05. The van der Waals surface area contributed by atoms with E-state index in [4.69, 9.17) is 5.11 Å². The molecule has 4 saturated carbocycles. The van der Waals surface area contributed by atoms with Crippen LogP contribution in [0.15, 0.2) is 0 Å². The monoisotopic (exact) mass is 422 g/mol. The van der Waals surface area contributed by atoms with Crippen molar-refractivity contribution in [3.05, 3.63) is 0 Å². The second kappa shape index (κ2) is 7.74. The molecular formula is C25H42O5. The van der Waals surface area contributed by atoms with Crippen LogP contribution < -0.4 is 0 Å². The number of fused-ring (bicyclic) bond motifs is 5. The lowest BCUT2D eigenvalue weighted by molar-refractivity contribution is -0.225. The molecule has 5 nitrogen and oxygen atoms in total. The Hall–Kier alpha value is -0.650. The highest BCUT2D eigenvalue weighted by Gasteiger charge is 2.67. The van der Waals surface area contributed by atoms with Crippen molar-refractivity contribution in [2.45, 2.75) is 97.4 Å². The molecule has 4 aliphatic rings. The van der Waals surface area contributed by atoms with Gasteiger partial charge in [-0.05, 0) is 97.2 Å². The molecule has 0 spiro atoms. The average Bonchev–Trinajstić information content (AvgIpc) is 3.05. The van der Waals surface area contributed by atoms with Crippen LogP contribution in [-0.2, 0) is 4.79 Å². The minimum atomic E-state index is -0.749. The molecule has 30 heavy (non-hydrogen) atoms. The van der Waals surface area contributed by atoms with E-state index in [1.54, 1.807) is 0 Å². The van der Waals surface area contributed by atoms with Crippen LogP contribution in [0.25, 0.3) is 0 Å². The summed E-state index contributed by atoms with van der Waals surface area (Å²) in [4.78, 5) is 11.1. The molecule has 0 bridgehead atoms. The summed E-state index contributed by atoms with van der Waals surface area (Å²) in [6.45, 7) is 8.91. The zero-order chi connectivity index (χ0) is 22.0. The lowest BCUT2D eigenvalue weighted by Gasteiger charge is -2.65. The van der Waals surface area contributed by atoms with Crippen molar-refractivity contribution >= 4 is 5.97 Å². The maximum Gasteiger partial charge on any atom is 0.303 e. The summed E-state index contributed by atoms with van der Waals surface area (Å²) in [6, 6.07) is 0. The van der Waals surface area contributed by atoms with Gasteiger partial charge in [0.05, 0.1) is 18.3 Å². The third kappa shape index (κ3) is 3.17. The van der Waals surface area contributed by atoms with Crippen molar-refractivity contribution in [3.8, 4) is 0 Å². The first-order valence-corrected chi connectivity index (χ1v) is 12.3. The second-order valence-electron chi connectivity index (χ2n) is 11.9. The van der Waals surface area contributed by atoms with Crippen LogP contribution in [0.1, 0.15) is 79.1 Å². The number of carbonyl (C=O) groups is 1. The predicted octanol–water partition coefficient (Wildman–Crippen LogP) is 3.69. The molecule has 0 saturated heterocycles. The van der Waals surface area contributed by atoms with Gasteiger partial charge < -0.3 is 20.4 Å². The standard InChI is InChI=1S/C25H42O5/c1-13(5-8-21(28)29)16-6-7-17-22-19(12-20(27)25(16,17)4)24(3)10-9-15(26)11-18(24)14(2)23(22)30/h13-20,22-23,26-27,30H,5-12H2,1-4H3,(H,28,29)/t13-,14?,15-,16-,17+,18+,19+,20+,22+,23?,24+,25-/m1/s1. The Labute approximate surface area is 181 Å². The van der Waals surface area contributed by atoms with Crippen molar-refractivity contribution in [2.75, 3.05) is 0 Å². The molecule has 4 N–H and O–H groups in total. The minimum Gasteiger partial charge on any atom is -0.481 e. The van der Waals surface area contributed by atoms with E-state index in [9.17, 15) is 20.1 Å². The molecule has 172 valence electrons. The van der Waals surface area contributed by atoms with Gasteiger partial charge in [-0.3, -0.25) is 4.79 Å². The minimum absolute atomic E-state index is 0.0673. The maximum atomic E-state index is 11.5. The van der Waals surface area contributed by atoms with Gasteiger partial charge in [-0.15, -0.1) is 0 Å². The van der Waals surface area contributed by atoms with Crippen molar-refractivity contribution in [1.82, 2.24) is 0 Å². The van der Waals surface area contributed by atoms with E-state index in [1.165, 1.54) is 0 Å². The molecule has 5 heteroatoms. The molecule has 4 rings (SSSR count). The molecule has 0 heterocycles. The van der Waals surface area contributed by atoms with Crippen LogP contribution >= 0.6 is 0 Å². The van der Waals surface area contributed by atoms with Gasteiger partial charge in [0.25, 0.3) is 0 Å². The second-order valence-corrected chi connectivity index (χ2v) is 11.9. The molecule has 0 aromatic heterocycles. The van der Waals surface area contributed by atoms with Crippen molar-refractivity contribution in [1.29, 1.82) is 0 Å². The molecule has 0 amide bonds. The van der Waals surface area contributed by atoms with Gasteiger partial charge in [-0.25, -0.2) is 0 Å². The van der Waals surface area contributed by atoms with E-state index >= 15 is 0 Å². The van der Waals surface area contributed by atoms with E-state index < -0.39 is 12.1 Å². The van der Waals surface area contributed by atoms with Crippen molar-refractivity contribution < 1.29 is 25.2 Å². The first kappa shape index (κ1) is 22.5. The number of hydrogen-bond acceptors (Lipinski definition) is 4. The van der Waals surface area contributed by atoms with Crippen LogP contribution in [-0.4, -0.2) is 44.7 Å². The normalized spacial score (nSPS) is 54.0. The number of aliphatic hydroxyl groups is 3. The Morgan fingerprint density at radius 2 is 1.73 bits per heavy atom. The summed E-state index contributed by atoms with van der Waals surface area (Å²) >= 11 is 0. The summed E-state index contributed by atoms with van der Waals surface area (Å²) in [5.41, 5.74) is -0.185. The highest BCUT2D eigenvalue weighted by molar-refractivity contribution is 5.66. The SMILES string of the molecule is CC1C(O)[C@@H]2[C@H](C[C@H](O)[C@]3(C)[C@@H]([C@H](C)CCC(=O)O)CC[C@@H]23)[C@@]2(C)CC[C@@H](O)C[C@@H]12. The van der Waals surface area contributed by atoms with Gasteiger partial charge in [0, 0.05) is 6.42 Å². The molecule has 0 radical (unpaired) electrons. The number of aliphatic carboxylic acids is 1. The topological polar surface area (TPSA) is 98.0 Å². The maximum absolute atomic E-state index is 11.5. The fourth-order valence-corrected chi connectivity index (χ4v) is 9.13. The van der Waals surface area contributed by atoms with Gasteiger partial charge in [-0.2, -0.15) is 0 Å². The van der Waals surface area contributed by atoms with Gasteiger partial charge >= 0.3 is 5.97 Å². The quantitative estimate of drug-likeness (QED) is 0.554. The van der Waals surface area contributed by atoms with Crippen LogP contribution in [0.4, 0.5) is 0 Å². The van der Waals surface area contributed by atoms with Crippen LogP contribution in [0.5, 0.6) is 0 Å². The highest BCUT2D eigenvalue weighted by Crippen LogP contribution is 2.69. The van der Waals surface area contributed by atoms with Gasteiger partial charge in [0.15, 0.2) is 0 Å². The molecule has 2 unspecified atom stereocenters. The zero-order valence-corrected chi connectivity index (χ0v) is 19.1. The number of aliphatic hydroxyl groups excluding tert-OH is 3. The Morgan fingerprint density at radius 3 is 2.40 bits per heavy atom. The molecular weight excluding hydrogens is 380 g/mol. The first-order chi connectivity index (χ1) is 14.0. The summed E-state index contributed by atoms with van der Waals surface area (Å²) in [5, 5.41) is 42.5. The Balaban J connectivity index is 1.64. The molecule has 4 aliphatic carbocycles. The number of rotatable bonds is 4. The van der Waals surface area contributed by atoms with Crippen LogP contribution in [0.2, 0.25) is 0 Å². The smallest absolute Gasteiger partial charge is 0.303 e.